The molecule has 1 rings (SSSR count). The van der Waals surface area contributed by atoms with Crippen LogP contribution in [0, 0.1) is 5.92 Å². The highest BCUT2D eigenvalue weighted by molar-refractivity contribution is 5.73. The third kappa shape index (κ3) is 6.19. The van der Waals surface area contributed by atoms with E-state index < -0.39 is 36.7 Å². The van der Waals surface area contributed by atoms with Crippen molar-refractivity contribution >= 4 is 5.97 Å². The van der Waals surface area contributed by atoms with E-state index in [0.717, 1.165) is 19.3 Å². The van der Waals surface area contributed by atoms with Gasteiger partial charge in [0.2, 0.25) is 0 Å². The summed E-state index contributed by atoms with van der Waals surface area (Å²) in [5, 5.41) is 38.0. The van der Waals surface area contributed by atoms with Crippen LogP contribution in [0.15, 0.2) is 11.6 Å². The van der Waals surface area contributed by atoms with Crippen molar-refractivity contribution in [3.63, 3.8) is 0 Å². The van der Waals surface area contributed by atoms with Crippen molar-refractivity contribution in [2.75, 3.05) is 6.61 Å². The lowest BCUT2D eigenvalue weighted by atomic mass is 9.99. The van der Waals surface area contributed by atoms with E-state index in [1.807, 2.05) is 13.8 Å². The lowest BCUT2D eigenvalue weighted by Gasteiger charge is -2.38. The van der Waals surface area contributed by atoms with Gasteiger partial charge in [0.1, 0.15) is 18.3 Å². The van der Waals surface area contributed by atoms with Gasteiger partial charge in [0.15, 0.2) is 12.4 Å². The quantitative estimate of drug-likeness (QED) is 0.483. The minimum absolute atomic E-state index is 0.271. The number of carbonyl (C=O) groups is 1. The zero-order valence-corrected chi connectivity index (χ0v) is 13.9. The predicted octanol–water partition coefficient (Wildman–Crippen LogP) is 0.668. The molecule has 0 aliphatic carbocycles. The van der Waals surface area contributed by atoms with Crippen molar-refractivity contribution in [2.24, 2.45) is 5.92 Å². The van der Waals surface area contributed by atoms with Gasteiger partial charge in [-0.05, 0) is 39.0 Å². The van der Waals surface area contributed by atoms with Crippen LogP contribution in [0.4, 0.5) is 0 Å². The third-order valence-electron chi connectivity index (χ3n) is 3.92. The number of carboxylic acid groups (broad SMARTS) is 1. The molecule has 1 unspecified atom stereocenters. The van der Waals surface area contributed by atoms with Crippen molar-refractivity contribution in [3.8, 4) is 0 Å². The fraction of sp³-hybridized carbons (Fsp3) is 0.812. The fourth-order valence-corrected chi connectivity index (χ4v) is 2.38. The van der Waals surface area contributed by atoms with Crippen LogP contribution < -0.4 is 0 Å². The van der Waals surface area contributed by atoms with E-state index in [1.54, 1.807) is 0 Å². The molecular weight excluding hydrogens is 304 g/mol. The molecule has 0 aromatic rings. The minimum atomic E-state index is -1.69. The van der Waals surface area contributed by atoms with Gasteiger partial charge in [-0.25, -0.2) is 4.79 Å². The van der Waals surface area contributed by atoms with Crippen molar-refractivity contribution < 1.29 is 34.7 Å². The maximum Gasteiger partial charge on any atom is 0.335 e. The van der Waals surface area contributed by atoms with Crippen molar-refractivity contribution in [2.45, 2.75) is 70.7 Å². The molecule has 1 heterocycles. The highest BCUT2D eigenvalue weighted by atomic mass is 16.7. The van der Waals surface area contributed by atoms with Gasteiger partial charge in [0, 0.05) is 0 Å². The second-order valence-corrected chi connectivity index (χ2v) is 6.36. The van der Waals surface area contributed by atoms with Gasteiger partial charge < -0.3 is 29.9 Å². The molecule has 0 spiro atoms. The van der Waals surface area contributed by atoms with Crippen LogP contribution in [0.2, 0.25) is 0 Å². The first-order valence-electron chi connectivity index (χ1n) is 7.91. The first-order chi connectivity index (χ1) is 10.7. The summed E-state index contributed by atoms with van der Waals surface area (Å²) in [5.74, 6) is -1.01. The van der Waals surface area contributed by atoms with Crippen molar-refractivity contribution in [1.29, 1.82) is 0 Å². The van der Waals surface area contributed by atoms with Gasteiger partial charge in [-0.15, -0.1) is 0 Å². The lowest BCUT2D eigenvalue weighted by Crippen LogP contribution is -2.60. The molecule has 134 valence electrons. The van der Waals surface area contributed by atoms with Crippen LogP contribution in [0.1, 0.15) is 40.0 Å². The van der Waals surface area contributed by atoms with Gasteiger partial charge in [0.05, 0.1) is 6.61 Å². The second kappa shape index (κ2) is 9.34. The van der Waals surface area contributed by atoms with Gasteiger partial charge >= 0.3 is 5.97 Å². The highest BCUT2D eigenvalue weighted by Gasteiger charge is 2.47. The summed E-state index contributed by atoms with van der Waals surface area (Å²) in [6, 6.07) is 0. The summed E-state index contributed by atoms with van der Waals surface area (Å²) in [7, 11) is 0. The minimum Gasteiger partial charge on any atom is -0.479 e. The molecule has 0 bridgehead atoms. The Morgan fingerprint density at radius 3 is 2.39 bits per heavy atom. The molecule has 7 heteroatoms. The van der Waals surface area contributed by atoms with Crippen LogP contribution in [0.25, 0.3) is 0 Å². The predicted molar refractivity (Wildman–Crippen MR) is 82.7 cm³/mol. The highest BCUT2D eigenvalue weighted by Crippen LogP contribution is 2.23. The number of carboxylic acids is 1. The molecule has 0 radical (unpaired) electrons. The van der Waals surface area contributed by atoms with E-state index in [1.165, 1.54) is 5.57 Å². The van der Waals surface area contributed by atoms with Crippen LogP contribution >= 0.6 is 0 Å². The number of aliphatic carboxylic acids is 1. The Balaban J connectivity index is 2.41. The summed E-state index contributed by atoms with van der Waals surface area (Å²) >= 11 is 0. The van der Waals surface area contributed by atoms with E-state index in [-0.39, 0.29) is 6.61 Å². The Morgan fingerprint density at radius 1 is 1.17 bits per heavy atom. The first-order valence-corrected chi connectivity index (χ1v) is 7.91. The zero-order valence-electron chi connectivity index (χ0n) is 13.9. The Bertz CT molecular complexity index is 405. The maximum atomic E-state index is 11.0. The standard InChI is InChI=1S/C16H28O7/c1-9(2)5-4-6-10(3)7-8-22-16-13(19)11(17)12(18)14(23-16)15(20)21/h5,10-14,16-19H,4,6-8H2,1-3H3,(H,20,21)/t10-,11+,12+,13-,14+,16?/m1/s1. The zero-order chi connectivity index (χ0) is 17.6. The number of aliphatic hydroxyl groups is 3. The molecule has 0 amide bonds. The number of hydrogen-bond acceptors (Lipinski definition) is 6. The van der Waals surface area contributed by atoms with Gasteiger partial charge in [-0.1, -0.05) is 18.6 Å². The molecule has 1 aliphatic heterocycles. The van der Waals surface area contributed by atoms with E-state index in [2.05, 4.69) is 13.0 Å². The summed E-state index contributed by atoms with van der Waals surface area (Å²) in [6.45, 7) is 6.45. The molecule has 1 saturated heterocycles. The van der Waals surface area contributed by atoms with E-state index in [0.29, 0.717) is 5.92 Å². The number of aliphatic hydroxyl groups excluding tert-OH is 3. The second-order valence-electron chi connectivity index (χ2n) is 6.36. The smallest absolute Gasteiger partial charge is 0.335 e. The molecule has 1 fully saturated rings. The molecular formula is C16H28O7. The molecule has 1 aliphatic rings. The van der Waals surface area contributed by atoms with Crippen molar-refractivity contribution in [3.05, 3.63) is 11.6 Å². The normalized spacial score (nSPS) is 32.3. The molecule has 23 heavy (non-hydrogen) atoms. The average molecular weight is 332 g/mol. The number of hydrogen-bond donors (Lipinski definition) is 4. The summed E-state index contributed by atoms with van der Waals surface area (Å²) < 4.78 is 10.4. The maximum absolute atomic E-state index is 11.0. The Kier molecular flexibility index (Phi) is 8.15. The van der Waals surface area contributed by atoms with Crippen LogP contribution in [-0.2, 0) is 14.3 Å². The molecule has 7 nitrogen and oxygen atoms in total. The summed E-state index contributed by atoms with van der Waals surface area (Å²) in [4.78, 5) is 11.0. The first kappa shape index (κ1) is 20.1. The van der Waals surface area contributed by atoms with E-state index in [9.17, 15) is 20.1 Å². The molecule has 6 atom stereocenters. The van der Waals surface area contributed by atoms with Crippen LogP contribution in [0.5, 0.6) is 0 Å². The number of ether oxygens (including phenoxy) is 2. The Hall–Kier alpha value is -0.990. The molecule has 0 aromatic heterocycles. The average Bonchev–Trinajstić information content (AvgIpc) is 2.46. The number of allylic oxidation sites excluding steroid dienone is 2. The van der Waals surface area contributed by atoms with E-state index >= 15 is 0 Å². The Morgan fingerprint density at radius 2 is 1.83 bits per heavy atom. The van der Waals surface area contributed by atoms with Crippen molar-refractivity contribution in [1.82, 2.24) is 0 Å². The number of rotatable bonds is 8. The molecule has 4 N–H and O–H groups in total. The van der Waals surface area contributed by atoms with Gasteiger partial charge in [-0.2, -0.15) is 0 Å². The summed E-state index contributed by atoms with van der Waals surface area (Å²) in [5.41, 5.74) is 1.28. The van der Waals surface area contributed by atoms with E-state index in [4.69, 9.17) is 14.6 Å². The monoisotopic (exact) mass is 332 g/mol. The fourth-order valence-electron chi connectivity index (χ4n) is 2.38. The van der Waals surface area contributed by atoms with Crippen LogP contribution in [-0.4, -0.2) is 63.7 Å². The van der Waals surface area contributed by atoms with Gasteiger partial charge in [0.25, 0.3) is 0 Å². The third-order valence-corrected chi connectivity index (χ3v) is 3.92. The topological polar surface area (TPSA) is 116 Å². The largest absolute Gasteiger partial charge is 0.479 e. The van der Waals surface area contributed by atoms with Crippen LogP contribution in [0.3, 0.4) is 0 Å². The lowest BCUT2D eigenvalue weighted by molar-refractivity contribution is -0.294. The SMILES string of the molecule is CC(C)=CCC[C@@H](C)CCOC1O[C@H](C(=O)O)[C@@H](O)[C@H](O)[C@H]1O. The Labute approximate surface area is 136 Å². The molecule has 0 saturated carbocycles. The summed E-state index contributed by atoms with van der Waals surface area (Å²) in [6.07, 6.45) is -2.80. The molecule has 0 aromatic carbocycles. The van der Waals surface area contributed by atoms with Gasteiger partial charge in [-0.3, -0.25) is 0 Å².